The van der Waals surface area contributed by atoms with E-state index in [1.54, 1.807) is 30.5 Å². The van der Waals surface area contributed by atoms with Crippen LogP contribution in [-0.4, -0.2) is 47.1 Å². The second kappa shape index (κ2) is 8.68. The van der Waals surface area contributed by atoms with Gasteiger partial charge < -0.3 is 19.3 Å². The van der Waals surface area contributed by atoms with Gasteiger partial charge in [-0.05, 0) is 47.0 Å². The molecule has 1 aliphatic heterocycles. The fourth-order valence-corrected chi connectivity index (χ4v) is 4.38. The number of H-pyrrole nitrogens is 1. The highest BCUT2D eigenvalue weighted by Gasteiger charge is 2.27. The summed E-state index contributed by atoms with van der Waals surface area (Å²) in [4.78, 5) is 27.9. The molecule has 1 aliphatic rings. The Morgan fingerprint density at radius 1 is 1.12 bits per heavy atom. The summed E-state index contributed by atoms with van der Waals surface area (Å²) in [6.45, 7) is 3.29. The van der Waals surface area contributed by atoms with E-state index in [1.807, 2.05) is 6.07 Å². The van der Waals surface area contributed by atoms with E-state index in [0.29, 0.717) is 22.4 Å². The van der Waals surface area contributed by atoms with Crippen molar-refractivity contribution in [1.82, 2.24) is 15.2 Å². The molecule has 170 valence electrons. The molecular formula is C24H22FN3O5. The fourth-order valence-electron chi connectivity index (χ4n) is 4.38. The Bertz CT molecular complexity index is 1350. The van der Waals surface area contributed by atoms with Gasteiger partial charge in [0.25, 0.3) is 0 Å². The molecule has 1 atom stereocenters. The zero-order chi connectivity index (χ0) is 22.9. The van der Waals surface area contributed by atoms with Crippen LogP contribution in [-0.2, 0) is 11.2 Å². The molecule has 2 aromatic heterocycles. The summed E-state index contributed by atoms with van der Waals surface area (Å²) in [6.07, 6.45) is 1.34. The molecule has 1 saturated heterocycles. The van der Waals surface area contributed by atoms with Crippen molar-refractivity contribution in [2.45, 2.75) is 12.5 Å². The number of carboxylic acids is 1. The maximum absolute atomic E-state index is 13.6. The second-order valence-corrected chi connectivity index (χ2v) is 8.07. The molecular weight excluding hydrogens is 429 g/mol. The number of benzene rings is 2. The molecule has 0 amide bonds. The molecule has 0 saturated carbocycles. The second-order valence-electron chi connectivity index (χ2n) is 8.07. The number of halogens is 1. The number of oxazole rings is 1. The number of nitrogens with zero attached hydrogens (tertiary/aromatic N) is 1. The standard InChI is InChI=1S/C24H22FN3O5/c25-18-3-1-14(2-4-18)23(28-7-5-26-6-8-28)20-11-17(13-32-20)15-9-16(12-21(29)30)22-19(10-15)33-24(31)27-22/h1-4,9-11,13,23,26H,5-8,12H2,(H,27,31)(H,29,30). The normalized spacial score (nSPS) is 15.7. The van der Waals surface area contributed by atoms with E-state index in [1.165, 1.54) is 12.1 Å². The number of carboxylic acid groups (broad SMARTS) is 1. The molecule has 5 rings (SSSR count). The van der Waals surface area contributed by atoms with E-state index in [0.717, 1.165) is 37.3 Å². The molecule has 2 aromatic carbocycles. The molecule has 8 nitrogen and oxygen atoms in total. The van der Waals surface area contributed by atoms with E-state index in [2.05, 4.69) is 15.2 Å². The van der Waals surface area contributed by atoms with Crippen LogP contribution in [0.4, 0.5) is 4.39 Å². The zero-order valence-electron chi connectivity index (χ0n) is 17.6. The van der Waals surface area contributed by atoms with Gasteiger partial charge in [-0.1, -0.05) is 12.1 Å². The molecule has 0 spiro atoms. The molecule has 1 fully saturated rings. The average molecular weight is 451 g/mol. The van der Waals surface area contributed by atoms with E-state index in [9.17, 15) is 19.1 Å². The summed E-state index contributed by atoms with van der Waals surface area (Å²) in [5.74, 6) is -1.27. The molecule has 0 radical (unpaired) electrons. The van der Waals surface area contributed by atoms with Gasteiger partial charge >= 0.3 is 11.7 Å². The van der Waals surface area contributed by atoms with Crippen LogP contribution in [0.1, 0.15) is 22.9 Å². The highest BCUT2D eigenvalue weighted by Crippen LogP contribution is 2.34. The maximum Gasteiger partial charge on any atom is 0.417 e. The Hall–Kier alpha value is -3.69. The van der Waals surface area contributed by atoms with Crippen molar-refractivity contribution < 1.29 is 23.1 Å². The first kappa shape index (κ1) is 21.2. The average Bonchev–Trinajstić information content (AvgIpc) is 3.42. The number of aliphatic carboxylic acids is 1. The van der Waals surface area contributed by atoms with Crippen LogP contribution in [0.3, 0.4) is 0 Å². The summed E-state index contributed by atoms with van der Waals surface area (Å²) in [6, 6.07) is 11.5. The van der Waals surface area contributed by atoms with Crippen LogP contribution in [0.5, 0.6) is 0 Å². The Kier molecular flexibility index (Phi) is 5.57. The number of carbonyl (C=O) groups is 1. The minimum atomic E-state index is -1.02. The Labute approximate surface area is 187 Å². The van der Waals surface area contributed by atoms with Gasteiger partial charge in [-0.15, -0.1) is 0 Å². The van der Waals surface area contributed by atoms with E-state index < -0.39 is 11.7 Å². The number of piperazine rings is 1. The van der Waals surface area contributed by atoms with Crippen LogP contribution in [0, 0.1) is 5.82 Å². The number of fused-ring (bicyclic) bond motifs is 1. The molecule has 9 heteroatoms. The lowest BCUT2D eigenvalue weighted by atomic mass is 9.99. The van der Waals surface area contributed by atoms with E-state index in [4.69, 9.17) is 8.83 Å². The highest BCUT2D eigenvalue weighted by molar-refractivity contribution is 5.86. The third kappa shape index (κ3) is 4.33. The van der Waals surface area contributed by atoms with Crippen molar-refractivity contribution in [3.05, 3.63) is 82.0 Å². The maximum atomic E-state index is 13.6. The summed E-state index contributed by atoms with van der Waals surface area (Å²) >= 11 is 0. The van der Waals surface area contributed by atoms with Crippen molar-refractivity contribution in [1.29, 1.82) is 0 Å². The third-order valence-electron chi connectivity index (χ3n) is 5.88. The number of nitrogens with one attached hydrogen (secondary N) is 2. The molecule has 4 aromatic rings. The quantitative estimate of drug-likeness (QED) is 0.413. The van der Waals surface area contributed by atoms with E-state index in [-0.39, 0.29) is 23.9 Å². The predicted octanol–water partition coefficient (Wildman–Crippen LogP) is 3.14. The molecule has 0 bridgehead atoms. The lowest BCUT2D eigenvalue weighted by Gasteiger charge is -2.34. The first-order valence-corrected chi connectivity index (χ1v) is 10.6. The van der Waals surface area contributed by atoms with Crippen molar-refractivity contribution >= 4 is 17.1 Å². The van der Waals surface area contributed by atoms with Gasteiger partial charge in [0, 0.05) is 31.7 Å². The summed E-state index contributed by atoms with van der Waals surface area (Å²) in [7, 11) is 0. The van der Waals surface area contributed by atoms with Crippen LogP contribution < -0.4 is 11.1 Å². The summed E-state index contributed by atoms with van der Waals surface area (Å²) in [5.41, 5.74) is 3.42. The van der Waals surface area contributed by atoms with Gasteiger partial charge in [-0.25, -0.2) is 9.18 Å². The minimum absolute atomic E-state index is 0.200. The van der Waals surface area contributed by atoms with Crippen molar-refractivity contribution in [3.63, 3.8) is 0 Å². The Balaban J connectivity index is 1.56. The lowest BCUT2D eigenvalue weighted by Crippen LogP contribution is -2.45. The number of hydrogen-bond donors (Lipinski definition) is 3. The Morgan fingerprint density at radius 2 is 1.88 bits per heavy atom. The molecule has 1 unspecified atom stereocenters. The predicted molar refractivity (Wildman–Crippen MR) is 119 cm³/mol. The topological polar surface area (TPSA) is 112 Å². The number of aromatic nitrogens is 1. The molecule has 0 aliphatic carbocycles. The van der Waals surface area contributed by atoms with E-state index >= 15 is 0 Å². The lowest BCUT2D eigenvalue weighted by molar-refractivity contribution is -0.136. The van der Waals surface area contributed by atoms with Crippen LogP contribution in [0.2, 0.25) is 0 Å². The largest absolute Gasteiger partial charge is 0.481 e. The Morgan fingerprint density at radius 3 is 2.61 bits per heavy atom. The van der Waals surface area contributed by atoms with Gasteiger partial charge in [0.1, 0.15) is 11.6 Å². The smallest absolute Gasteiger partial charge is 0.417 e. The van der Waals surface area contributed by atoms with Gasteiger partial charge in [0.05, 0.1) is 24.2 Å². The fraction of sp³-hybridized carbons (Fsp3) is 0.250. The van der Waals surface area contributed by atoms with Crippen LogP contribution in [0.25, 0.3) is 22.2 Å². The first-order valence-electron chi connectivity index (χ1n) is 10.6. The summed E-state index contributed by atoms with van der Waals surface area (Å²) < 4.78 is 24.7. The third-order valence-corrected chi connectivity index (χ3v) is 5.88. The van der Waals surface area contributed by atoms with Gasteiger partial charge in [-0.3, -0.25) is 14.7 Å². The number of rotatable bonds is 6. The van der Waals surface area contributed by atoms with Crippen molar-refractivity contribution in [2.24, 2.45) is 0 Å². The SMILES string of the molecule is O=C(O)Cc1cc(-c2coc(C(c3ccc(F)cc3)N3CCNCC3)c2)cc2oc(=O)[nH]c12. The van der Waals surface area contributed by atoms with Crippen molar-refractivity contribution in [3.8, 4) is 11.1 Å². The monoisotopic (exact) mass is 451 g/mol. The van der Waals surface area contributed by atoms with Crippen LogP contribution >= 0.6 is 0 Å². The van der Waals surface area contributed by atoms with Gasteiger partial charge in [0.15, 0.2) is 5.58 Å². The number of hydrogen-bond acceptors (Lipinski definition) is 6. The zero-order valence-corrected chi connectivity index (χ0v) is 17.6. The number of furan rings is 1. The highest BCUT2D eigenvalue weighted by atomic mass is 19.1. The number of aromatic amines is 1. The summed E-state index contributed by atoms with van der Waals surface area (Å²) in [5, 5.41) is 12.6. The van der Waals surface area contributed by atoms with Gasteiger partial charge in [0.2, 0.25) is 0 Å². The molecule has 3 heterocycles. The molecule has 33 heavy (non-hydrogen) atoms. The van der Waals surface area contributed by atoms with Gasteiger partial charge in [-0.2, -0.15) is 0 Å². The minimum Gasteiger partial charge on any atom is -0.481 e. The molecule has 3 N–H and O–H groups in total. The first-order chi connectivity index (χ1) is 16.0. The van der Waals surface area contributed by atoms with Crippen molar-refractivity contribution in [2.75, 3.05) is 26.2 Å². The van der Waals surface area contributed by atoms with Crippen LogP contribution in [0.15, 0.2) is 62.4 Å².